The van der Waals surface area contributed by atoms with E-state index in [0.717, 1.165) is 24.1 Å². The van der Waals surface area contributed by atoms with Crippen molar-refractivity contribution < 1.29 is 30.3 Å². The summed E-state index contributed by atoms with van der Waals surface area (Å²) in [6.07, 6.45) is 7.95. The van der Waals surface area contributed by atoms with Gasteiger partial charge in [0.05, 0.1) is 12.2 Å². The first-order valence-electron chi connectivity index (χ1n) is 8.79. The molecule has 4 heteroatoms. The van der Waals surface area contributed by atoms with Crippen LogP contribution in [0.1, 0.15) is 57.2 Å². The van der Waals surface area contributed by atoms with E-state index >= 15 is 0 Å². The van der Waals surface area contributed by atoms with Crippen molar-refractivity contribution in [2.75, 3.05) is 0 Å². The van der Waals surface area contributed by atoms with Gasteiger partial charge in [0.2, 0.25) is 0 Å². The number of hydrogen-bond donors (Lipinski definition) is 2. The first-order valence-corrected chi connectivity index (χ1v) is 8.79. The third-order valence-corrected chi connectivity index (χ3v) is 4.03. The average molecular weight is 519 g/mol. The molecule has 3 nitrogen and oxygen atoms in total. The Kier molecular flexibility index (Phi) is 9.52. The molecule has 2 atom stereocenters. The second kappa shape index (κ2) is 10.8. The minimum Gasteiger partial charge on any atom is -0.393 e. The molecule has 0 spiro atoms. The summed E-state index contributed by atoms with van der Waals surface area (Å²) in [6.45, 7) is 5.43. The smallest absolute Gasteiger partial charge is 0.0536 e. The van der Waals surface area contributed by atoms with Crippen molar-refractivity contribution in [3.05, 3.63) is 47.7 Å². The minimum absolute atomic E-state index is 0. The molecule has 0 fully saturated rings. The van der Waals surface area contributed by atoms with Crippen molar-refractivity contribution in [1.82, 2.24) is 4.98 Å². The molecule has 0 amide bonds. The standard InChI is InChI=1S/C16H16N.C5H12O2.Ir/c1-12-7-9-16-14(11-12)8-10-15(17-16)13-5-3-2-4-6-13;1-4(6)3-5(2)7;/h7-11H,2-5H2,1H3;4-7H,3H2,1-2H3;/q-1;;. The minimum atomic E-state index is -0.375. The molecule has 1 aliphatic rings. The summed E-state index contributed by atoms with van der Waals surface area (Å²) in [5.41, 5.74) is 4.79. The molecule has 1 aromatic heterocycles. The molecule has 2 N–H and O–H groups in total. The average Bonchev–Trinajstić information content (AvgIpc) is 2.54. The molecule has 0 aliphatic heterocycles. The first-order chi connectivity index (χ1) is 11.5. The largest absolute Gasteiger partial charge is 0.393 e. The summed E-state index contributed by atoms with van der Waals surface area (Å²) in [5.74, 6) is 0. The Bertz CT molecular complexity index is 689. The van der Waals surface area contributed by atoms with Crippen molar-refractivity contribution in [3.8, 4) is 0 Å². The van der Waals surface area contributed by atoms with Crippen LogP contribution in [0.5, 0.6) is 0 Å². The van der Waals surface area contributed by atoms with Gasteiger partial charge in [-0.25, -0.2) is 0 Å². The normalized spacial score (nSPS) is 16.1. The molecular weight excluding hydrogens is 490 g/mol. The molecular formula is C21H28IrNO2-. The quantitative estimate of drug-likeness (QED) is 0.591. The summed E-state index contributed by atoms with van der Waals surface area (Å²) < 4.78 is 0. The van der Waals surface area contributed by atoms with Gasteiger partial charge in [0.25, 0.3) is 0 Å². The second-order valence-corrected chi connectivity index (χ2v) is 6.69. The summed E-state index contributed by atoms with van der Waals surface area (Å²) >= 11 is 0. The Morgan fingerprint density at radius 3 is 2.36 bits per heavy atom. The summed E-state index contributed by atoms with van der Waals surface area (Å²) in [6, 6.07) is 10.7. The van der Waals surface area contributed by atoms with Crippen molar-refractivity contribution in [1.29, 1.82) is 0 Å². The van der Waals surface area contributed by atoms with Crippen LogP contribution in [0.4, 0.5) is 0 Å². The molecule has 2 aromatic rings. The number of nitrogens with zero attached hydrogens (tertiary/aromatic N) is 1. The van der Waals surface area contributed by atoms with E-state index in [1.54, 1.807) is 13.8 Å². The maximum atomic E-state index is 8.56. The van der Waals surface area contributed by atoms with Crippen LogP contribution in [0.15, 0.2) is 30.3 Å². The molecule has 0 bridgehead atoms. The van der Waals surface area contributed by atoms with Crippen LogP contribution in [0, 0.1) is 13.0 Å². The number of aryl methyl sites for hydroxylation is 1. The number of fused-ring (bicyclic) bond motifs is 1. The van der Waals surface area contributed by atoms with E-state index in [-0.39, 0.29) is 32.3 Å². The molecule has 2 unspecified atom stereocenters. The van der Waals surface area contributed by atoms with Crippen LogP contribution in [-0.4, -0.2) is 27.4 Å². The van der Waals surface area contributed by atoms with Crippen LogP contribution in [0.25, 0.3) is 16.5 Å². The number of benzene rings is 1. The Hall–Kier alpha value is -1.06. The van der Waals surface area contributed by atoms with Crippen LogP contribution in [0.3, 0.4) is 0 Å². The molecule has 0 saturated carbocycles. The number of pyridine rings is 1. The molecule has 25 heavy (non-hydrogen) atoms. The van der Waals surface area contributed by atoms with E-state index in [1.165, 1.54) is 29.4 Å². The van der Waals surface area contributed by atoms with Gasteiger partial charge in [-0.1, -0.05) is 42.7 Å². The number of rotatable bonds is 3. The van der Waals surface area contributed by atoms with E-state index in [9.17, 15) is 0 Å². The molecule has 1 heterocycles. The predicted molar refractivity (Wildman–Crippen MR) is 99.6 cm³/mol. The monoisotopic (exact) mass is 519 g/mol. The maximum absolute atomic E-state index is 8.56. The van der Waals surface area contributed by atoms with Gasteiger partial charge in [-0.2, -0.15) is 5.57 Å². The van der Waals surface area contributed by atoms with E-state index in [0.29, 0.717) is 6.42 Å². The van der Waals surface area contributed by atoms with Gasteiger partial charge in [-0.3, -0.25) is 6.08 Å². The number of hydrogen-bond acceptors (Lipinski definition) is 3. The topological polar surface area (TPSA) is 53.4 Å². The van der Waals surface area contributed by atoms with Crippen LogP contribution < -0.4 is 0 Å². The van der Waals surface area contributed by atoms with Gasteiger partial charge in [-0.15, -0.1) is 12.5 Å². The fourth-order valence-corrected chi connectivity index (χ4v) is 2.88. The van der Waals surface area contributed by atoms with Crippen molar-refractivity contribution >= 4 is 16.5 Å². The van der Waals surface area contributed by atoms with Gasteiger partial charge in [0.1, 0.15) is 0 Å². The zero-order chi connectivity index (χ0) is 17.5. The zero-order valence-electron chi connectivity index (χ0n) is 15.3. The van der Waals surface area contributed by atoms with Gasteiger partial charge in [0.15, 0.2) is 0 Å². The summed E-state index contributed by atoms with van der Waals surface area (Å²) in [4.78, 5) is 4.74. The van der Waals surface area contributed by atoms with Gasteiger partial charge in [0, 0.05) is 25.6 Å². The van der Waals surface area contributed by atoms with E-state index in [4.69, 9.17) is 15.2 Å². The number of aromatic nitrogens is 1. The molecule has 3 rings (SSSR count). The molecule has 0 saturated heterocycles. The predicted octanol–water partition coefficient (Wildman–Crippen LogP) is 4.44. The third kappa shape index (κ3) is 7.37. The summed E-state index contributed by atoms with van der Waals surface area (Å²) in [7, 11) is 0. The number of allylic oxidation sites excluding steroid dienone is 2. The fourth-order valence-electron chi connectivity index (χ4n) is 2.88. The zero-order valence-corrected chi connectivity index (χ0v) is 17.6. The Morgan fingerprint density at radius 1 is 1.08 bits per heavy atom. The molecule has 1 aliphatic carbocycles. The van der Waals surface area contributed by atoms with E-state index in [1.807, 2.05) is 0 Å². The van der Waals surface area contributed by atoms with Crippen molar-refractivity contribution in [2.45, 2.75) is 65.1 Å². The second-order valence-electron chi connectivity index (χ2n) is 6.69. The summed E-state index contributed by atoms with van der Waals surface area (Å²) in [5, 5.41) is 18.4. The molecule has 1 aromatic carbocycles. The Balaban J connectivity index is 0.000000339. The van der Waals surface area contributed by atoms with Gasteiger partial charge in [-0.05, 0) is 44.7 Å². The number of aliphatic hydroxyl groups is 2. The number of aliphatic hydroxyl groups excluding tert-OH is 2. The van der Waals surface area contributed by atoms with Gasteiger partial charge >= 0.3 is 0 Å². The van der Waals surface area contributed by atoms with Crippen molar-refractivity contribution in [3.63, 3.8) is 0 Å². The van der Waals surface area contributed by atoms with Crippen LogP contribution >= 0.6 is 0 Å². The van der Waals surface area contributed by atoms with E-state index < -0.39 is 0 Å². The Labute approximate surface area is 164 Å². The molecule has 1 radical (unpaired) electrons. The van der Waals surface area contributed by atoms with E-state index in [2.05, 4.69) is 43.3 Å². The Morgan fingerprint density at radius 2 is 1.80 bits per heavy atom. The fraction of sp³-hybridized carbons (Fsp3) is 0.476. The first kappa shape index (κ1) is 22.0. The SMILES string of the molecule is CC(O)CC(C)O.Cc1ccc2nc(C3=[C-]CCCC3)ccc2c1.[Ir]. The van der Waals surface area contributed by atoms with Crippen LogP contribution in [0.2, 0.25) is 0 Å². The maximum Gasteiger partial charge on any atom is 0.0536 e. The molecule has 139 valence electrons. The van der Waals surface area contributed by atoms with Crippen LogP contribution in [-0.2, 0) is 20.1 Å². The third-order valence-electron chi connectivity index (χ3n) is 4.03. The van der Waals surface area contributed by atoms with Gasteiger partial charge < -0.3 is 15.2 Å². The van der Waals surface area contributed by atoms with Crippen molar-refractivity contribution in [2.24, 2.45) is 0 Å².